The van der Waals surface area contributed by atoms with Crippen LogP contribution >= 0.6 is 11.8 Å². The van der Waals surface area contributed by atoms with Crippen molar-refractivity contribution in [1.29, 1.82) is 0 Å². The van der Waals surface area contributed by atoms with Crippen LogP contribution in [-0.2, 0) is 4.79 Å². The van der Waals surface area contributed by atoms with Gasteiger partial charge in [0.25, 0.3) is 0 Å². The van der Waals surface area contributed by atoms with E-state index in [0.29, 0.717) is 5.69 Å². The number of carbonyl (C=O) groups excluding carboxylic acids is 1. The van der Waals surface area contributed by atoms with Crippen LogP contribution in [0.2, 0.25) is 0 Å². The molecule has 0 fully saturated rings. The van der Waals surface area contributed by atoms with E-state index in [0.717, 1.165) is 10.7 Å². The molecule has 106 valence electrons. The molecular formula is C15H12FN3OS. The lowest BCUT2D eigenvalue weighted by Gasteiger charge is -2.05. The number of nitrogens with one attached hydrogen (secondary N) is 1. The minimum atomic E-state index is -0.375. The lowest BCUT2D eigenvalue weighted by molar-refractivity contribution is -0.113. The van der Waals surface area contributed by atoms with E-state index in [1.54, 1.807) is 18.3 Å². The number of imidazole rings is 1. The summed E-state index contributed by atoms with van der Waals surface area (Å²) in [6.07, 6.45) is 3.65. The molecule has 0 spiro atoms. The minimum absolute atomic E-state index is 0.196. The van der Waals surface area contributed by atoms with E-state index in [1.165, 1.54) is 23.9 Å². The highest BCUT2D eigenvalue weighted by Gasteiger charge is 2.08. The first-order valence-electron chi connectivity index (χ1n) is 6.33. The van der Waals surface area contributed by atoms with Crippen LogP contribution < -0.4 is 5.32 Å². The number of thioether (sulfide) groups is 1. The highest BCUT2D eigenvalue weighted by molar-refractivity contribution is 7.99. The van der Waals surface area contributed by atoms with Crippen LogP contribution in [-0.4, -0.2) is 21.0 Å². The molecule has 0 unspecified atom stereocenters. The molecule has 1 aromatic carbocycles. The molecule has 0 atom stereocenters. The van der Waals surface area contributed by atoms with Gasteiger partial charge in [-0.2, -0.15) is 0 Å². The molecule has 0 saturated carbocycles. The Morgan fingerprint density at radius 1 is 1.29 bits per heavy atom. The molecule has 1 N–H and O–H groups in total. The number of rotatable bonds is 4. The Labute approximate surface area is 125 Å². The fourth-order valence-corrected chi connectivity index (χ4v) is 2.68. The van der Waals surface area contributed by atoms with Crippen LogP contribution in [0.15, 0.2) is 60.0 Å². The maximum absolute atomic E-state index is 13.0. The Balaban J connectivity index is 1.63. The van der Waals surface area contributed by atoms with Gasteiger partial charge < -0.3 is 5.32 Å². The summed E-state index contributed by atoms with van der Waals surface area (Å²) in [6.45, 7) is 0. The Bertz CT molecular complexity index is 787. The third-order valence-corrected chi connectivity index (χ3v) is 3.81. The molecule has 0 aliphatic heterocycles. The summed E-state index contributed by atoms with van der Waals surface area (Å²) in [4.78, 5) is 16.1. The molecule has 0 radical (unpaired) electrons. The molecule has 2 heterocycles. The first kappa shape index (κ1) is 13.6. The van der Waals surface area contributed by atoms with Crippen molar-refractivity contribution in [2.45, 2.75) is 5.16 Å². The molecular weight excluding hydrogens is 289 g/mol. The number of fused-ring (bicyclic) bond motifs is 1. The smallest absolute Gasteiger partial charge is 0.234 e. The van der Waals surface area contributed by atoms with Gasteiger partial charge in [-0.05, 0) is 30.3 Å². The first-order chi connectivity index (χ1) is 10.2. The molecule has 4 nitrogen and oxygen atoms in total. The molecule has 0 saturated heterocycles. The largest absolute Gasteiger partial charge is 0.325 e. The SMILES string of the molecule is O=C(CSc1ncc2ccccn12)Nc1cccc(F)c1. The van der Waals surface area contributed by atoms with Crippen LogP contribution in [0.25, 0.3) is 5.52 Å². The number of carbonyl (C=O) groups is 1. The van der Waals surface area contributed by atoms with Crippen molar-refractivity contribution in [2.75, 3.05) is 11.1 Å². The van der Waals surface area contributed by atoms with Crippen molar-refractivity contribution in [3.8, 4) is 0 Å². The third kappa shape index (κ3) is 3.22. The molecule has 3 aromatic rings. The Hall–Kier alpha value is -2.34. The van der Waals surface area contributed by atoms with Crippen molar-refractivity contribution >= 4 is 28.9 Å². The molecule has 3 rings (SSSR count). The summed E-state index contributed by atoms with van der Waals surface area (Å²) in [6, 6.07) is 11.6. The second kappa shape index (κ2) is 5.97. The number of benzene rings is 1. The van der Waals surface area contributed by atoms with Gasteiger partial charge in [0.2, 0.25) is 5.91 Å². The van der Waals surface area contributed by atoms with Crippen molar-refractivity contribution in [3.05, 3.63) is 60.7 Å². The number of halogens is 1. The maximum atomic E-state index is 13.0. The maximum Gasteiger partial charge on any atom is 0.234 e. The number of aromatic nitrogens is 2. The third-order valence-electron chi connectivity index (χ3n) is 2.85. The predicted octanol–water partition coefficient (Wildman–Crippen LogP) is 3.20. The van der Waals surface area contributed by atoms with Gasteiger partial charge in [-0.3, -0.25) is 9.20 Å². The van der Waals surface area contributed by atoms with Crippen LogP contribution in [0.3, 0.4) is 0 Å². The fraction of sp³-hybridized carbons (Fsp3) is 0.0667. The van der Waals surface area contributed by atoms with Crippen molar-refractivity contribution in [3.63, 3.8) is 0 Å². The summed E-state index contributed by atoms with van der Waals surface area (Å²) >= 11 is 1.33. The number of pyridine rings is 1. The zero-order valence-corrected chi connectivity index (χ0v) is 11.8. The molecule has 0 bridgehead atoms. The van der Waals surface area contributed by atoms with E-state index in [1.807, 2.05) is 28.8 Å². The van der Waals surface area contributed by atoms with Gasteiger partial charge in [0.1, 0.15) is 5.82 Å². The van der Waals surface area contributed by atoms with E-state index in [9.17, 15) is 9.18 Å². The van der Waals surface area contributed by atoms with Crippen LogP contribution in [0.1, 0.15) is 0 Å². The first-order valence-corrected chi connectivity index (χ1v) is 7.31. The zero-order valence-electron chi connectivity index (χ0n) is 11.0. The number of hydrogen-bond acceptors (Lipinski definition) is 3. The minimum Gasteiger partial charge on any atom is -0.325 e. The lowest BCUT2D eigenvalue weighted by Crippen LogP contribution is -2.14. The number of hydrogen-bond donors (Lipinski definition) is 1. The van der Waals surface area contributed by atoms with E-state index >= 15 is 0 Å². The molecule has 1 amide bonds. The average molecular weight is 301 g/mol. The molecule has 2 aromatic heterocycles. The van der Waals surface area contributed by atoms with E-state index in [-0.39, 0.29) is 17.5 Å². The summed E-state index contributed by atoms with van der Waals surface area (Å²) in [5.74, 6) is -0.358. The topological polar surface area (TPSA) is 46.4 Å². The second-order valence-corrected chi connectivity index (χ2v) is 5.33. The highest BCUT2D eigenvalue weighted by atomic mass is 32.2. The molecule has 21 heavy (non-hydrogen) atoms. The zero-order chi connectivity index (χ0) is 14.7. The average Bonchev–Trinajstić information content (AvgIpc) is 2.88. The lowest BCUT2D eigenvalue weighted by atomic mass is 10.3. The van der Waals surface area contributed by atoms with Crippen molar-refractivity contribution in [1.82, 2.24) is 9.38 Å². The number of anilines is 1. The normalized spacial score (nSPS) is 10.7. The summed E-state index contributed by atoms with van der Waals surface area (Å²) < 4.78 is 14.9. The van der Waals surface area contributed by atoms with Crippen molar-refractivity contribution < 1.29 is 9.18 Å². The van der Waals surface area contributed by atoms with Crippen LogP contribution in [0, 0.1) is 5.82 Å². The van der Waals surface area contributed by atoms with E-state index in [4.69, 9.17) is 0 Å². The van der Waals surface area contributed by atoms with Gasteiger partial charge in [0, 0.05) is 11.9 Å². The Kier molecular flexibility index (Phi) is 3.87. The molecule has 0 aliphatic carbocycles. The van der Waals surface area contributed by atoms with Crippen LogP contribution in [0.5, 0.6) is 0 Å². The second-order valence-electron chi connectivity index (χ2n) is 4.38. The fourth-order valence-electron chi connectivity index (χ4n) is 1.92. The quantitative estimate of drug-likeness (QED) is 0.753. The van der Waals surface area contributed by atoms with Gasteiger partial charge in [0.15, 0.2) is 5.16 Å². The summed E-state index contributed by atoms with van der Waals surface area (Å²) in [5, 5.41) is 3.41. The van der Waals surface area contributed by atoms with Gasteiger partial charge in [-0.15, -0.1) is 0 Å². The Morgan fingerprint density at radius 2 is 2.19 bits per heavy atom. The summed E-state index contributed by atoms with van der Waals surface area (Å²) in [7, 11) is 0. The van der Waals surface area contributed by atoms with E-state index in [2.05, 4.69) is 10.3 Å². The monoisotopic (exact) mass is 301 g/mol. The van der Waals surface area contributed by atoms with Crippen LogP contribution in [0.4, 0.5) is 10.1 Å². The Morgan fingerprint density at radius 3 is 3.05 bits per heavy atom. The van der Waals surface area contributed by atoms with Gasteiger partial charge in [-0.1, -0.05) is 23.9 Å². The predicted molar refractivity (Wildman–Crippen MR) is 80.9 cm³/mol. The summed E-state index contributed by atoms with van der Waals surface area (Å²) in [5.41, 5.74) is 1.43. The van der Waals surface area contributed by atoms with Gasteiger partial charge >= 0.3 is 0 Å². The van der Waals surface area contributed by atoms with E-state index < -0.39 is 0 Å². The standard InChI is InChI=1S/C15H12FN3OS/c16-11-4-3-5-12(8-11)18-14(20)10-21-15-17-9-13-6-1-2-7-19(13)15/h1-9H,10H2,(H,18,20). The molecule has 6 heteroatoms. The van der Waals surface area contributed by atoms with Gasteiger partial charge in [0.05, 0.1) is 17.5 Å². The number of amides is 1. The molecule has 0 aliphatic rings. The highest BCUT2D eigenvalue weighted by Crippen LogP contribution is 2.18. The van der Waals surface area contributed by atoms with Gasteiger partial charge in [-0.25, -0.2) is 9.37 Å². The number of nitrogens with zero attached hydrogens (tertiary/aromatic N) is 2. The van der Waals surface area contributed by atoms with Crippen molar-refractivity contribution in [2.24, 2.45) is 0 Å².